The van der Waals surface area contributed by atoms with Crippen LogP contribution in [0.1, 0.15) is 18.5 Å². The molecule has 8 heteroatoms. The average Bonchev–Trinajstić information content (AvgIpc) is 3.33. The van der Waals surface area contributed by atoms with Crippen molar-refractivity contribution in [3.8, 4) is 17.0 Å². The van der Waals surface area contributed by atoms with E-state index in [0.29, 0.717) is 0 Å². The van der Waals surface area contributed by atoms with Gasteiger partial charge in [-0.1, -0.05) is 0 Å². The van der Waals surface area contributed by atoms with Crippen molar-refractivity contribution in [2.45, 2.75) is 31.4 Å². The van der Waals surface area contributed by atoms with Gasteiger partial charge in [0.25, 0.3) is 0 Å². The van der Waals surface area contributed by atoms with Gasteiger partial charge in [-0.3, -0.25) is 9.67 Å². The molecule has 1 unspecified atom stereocenters. The molecular formula is C19H19ClF2N4O. The van der Waals surface area contributed by atoms with Crippen molar-refractivity contribution in [2.75, 3.05) is 13.1 Å². The van der Waals surface area contributed by atoms with Crippen LogP contribution in [0.25, 0.3) is 22.2 Å². The first-order valence-electron chi connectivity index (χ1n) is 8.77. The summed E-state index contributed by atoms with van der Waals surface area (Å²) < 4.78 is 31.5. The van der Waals surface area contributed by atoms with Crippen molar-refractivity contribution >= 4 is 23.3 Å². The molecule has 2 aliphatic rings. The number of halogens is 3. The van der Waals surface area contributed by atoms with Gasteiger partial charge in [-0.15, -0.1) is 12.4 Å². The highest BCUT2D eigenvalue weighted by Gasteiger charge is 2.42. The molecule has 1 saturated heterocycles. The Hall–Kier alpha value is -2.25. The lowest BCUT2D eigenvalue weighted by Crippen LogP contribution is -2.25. The molecule has 4 heterocycles. The van der Waals surface area contributed by atoms with Gasteiger partial charge in [0.15, 0.2) is 0 Å². The molecule has 0 radical (unpaired) electrons. The SMILES string of the molecule is Cl.FC(F)Oc1ccc2ncc(-c3cc4n(n3)CCC43CCNC3)cc2c1. The Morgan fingerprint density at radius 3 is 2.85 bits per heavy atom. The Morgan fingerprint density at radius 1 is 1.19 bits per heavy atom. The van der Waals surface area contributed by atoms with Crippen molar-refractivity contribution < 1.29 is 13.5 Å². The zero-order valence-corrected chi connectivity index (χ0v) is 15.3. The summed E-state index contributed by atoms with van der Waals surface area (Å²) in [5.74, 6) is 0.134. The molecule has 1 aromatic carbocycles. The first-order chi connectivity index (χ1) is 12.6. The van der Waals surface area contributed by atoms with Crippen LogP contribution >= 0.6 is 12.4 Å². The highest BCUT2D eigenvalue weighted by molar-refractivity contribution is 5.85. The van der Waals surface area contributed by atoms with Crippen LogP contribution in [0.5, 0.6) is 5.75 Å². The van der Waals surface area contributed by atoms with Gasteiger partial charge in [-0.2, -0.15) is 13.9 Å². The standard InChI is InChI=1S/C19H18F2N4O.ClH/c20-18(21)26-14-1-2-15-12(8-14)7-13(10-23-15)16-9-17-19(3-5-22-11-19)4-6-25(17)24-16;/h1-2,7-10,18,22H,3-6,11H2;1H. The largest absolute Gasteiger partial charge is 0.435 e. The number of aryl methyl sites for hydroxylation is 1. The van der Waals surface area contributed by atoms with Gasteiger partial charge < -0.3 is 10.1 Å². The first kappa shape index (κ1) is 18.1. The predicted octanol–water partition coefficient (Wildman–Crippen LogP) is 3.76. The summed E-state index contributed by atoms with van der Waals surface area (Å²) >= 11 is 0. The summed E-state index contributed by atoms with van der Waals surface area (Å²) in [6.07, 6.45) is 4.06. The molecule has 1 spiro atoms. The van der Waals surface area contributed by atoms with Crippen LogP contribution in [0, 0.1) is 0 Å². The maximum absolute atomic E-state index is 12.4. The van der Waals surface area contributed by atoms with Gasteiger partial charge in [0.05, 0.1) is 11.2 Å². The molecule has 1 fully saturated rings. The second-order valence-electron chi connectivity index (χ2n) is 7.05. The highest BCUT2D eigenvalue weighted by atomic mass is 35.5. The topological polar surface area (TPSA) is 52.0 Å². The third-order valence-electron chi connectivity index (χ3n) is 5.54. The molecule has 142 valence electrons. The molecule has 2 aliphatic heterocycles. The van der Waals surface area contributed by atoms with Gasteiger partial charge >= 0.3 is 6.61 Å². The van der Waals surface area contributed by atoms with E-state index >= 15 is 0 Å². The van der Waals surface area contributed by atoms with Crippen molar-refractivity contribution in [3.05, 3.63) is 42.2 Å². The monoisotopic (exact) mass is 392 g/mol. The number of nitrogens with one attached hydrogen (secondary N) is 1. The maximum Gasteiger partial charge on any atom is 0.387 e. The van der Waals surface area contributed by atoms with E-state index in [1.807, 2.05) is 6.07 Å². The van der Waals surface area contributed by atoms with E-state index in [1.165, 1.54) is 11.8 Å². The van der Waals surface area contributed by atoms with E-state index in [4.69, 9.17) is 5.10 Å². The molecule has 2 aromatic heterocycles. The Kier molecular flexibility index (Phi) is 4.52. The Morgan fingerprint density at radius 2 is 2.07 bits per heavy atom. The molecule has 5 nitrogen and oxygen atoms in total. The molecule has 1 atom stereocenters. The van der Waals surface area contributed by atoms with Crippen LogP contribution in [0.15, 0.2) is 36.5 Å². The van der Waals surface area contributed by atoms with Gasteiger partial charge in [0.1, 0.15) is 5.75 Å². The van der Waals surface area contributed by atoms with Crippen molar-refractivity contribution in [2.24, 2.45) is 0 Å². The quantitative estimate of drug-likeness (QED) is 0.737. The molecule has 0 bridgehead atoms. The molecule has 0 amide bonds. The predicted molar refractivity (Wildman–Crippen MR) is 101 cm³/mol. The normalized spacial score (nSPS) is 21.0. The number of pyridine rings is 1. The summed E-state index contributed by atoms with van der Waals surface area (Å²) in [5, 5.41) is 8.97. The number of benzene rings is 1. The van der Waals surface area contributed by atoms with Crippen LogP contribution < -0.4 is 10.1 Å². The van der Waals surface area contributed by atoms with E-state index in [2.05, 4.69) is 25.8 Å². The van der Waals surface area contributed by atoms with Crippen molar-refractivity contribution in [3.63, 3.8) is 0 Å². The van der Waals surface area contributed by atoms with Gasteiger partial charge in [0.2, 0.25) is 0 Å². The summed E-state index contributed by atoms with van der Waals surface area (Å²) in [6, 6.07) is 8.86. The molecule has 3 aromatic rings. The molecule has 27 heavy (non-hydrogen) atoms. The van der Waals surface area contributed by atoms with Crippen LogP contribution in [0.2, 0.25) is 0 Å². The number of hydrogen-bond acceptors (Lipinski definition) is 4. The molecule has 0 saturated carbocycles. The summed E-state index contributed by atoms with van der Waals surface area (Å²) in [7, 11) is 0. The van der Waals surface area contributed by atoms with Gasteiger partial charge in [-0.25, -0.2) is 0 Å². The fourth-order valence-corrected chi connectivity index (χ4v) is 4.20. The second kappa shape index (κ2) is 6.73. The zero-order valence-electron chi connectivity index (χ0n) is 14.5. The van der Waals surface area contributed by atoms with Crippen LogP contribution in [-0.4, -0.2) is 34.5 Å². The highest BCUT2D eigenvalue weighted by Crippen LogP contribution is 2.41. The Labute approximate surface area is 161 Å². The number of nitrogens with zero attached hydrogens (tertiary/aromatic N) is 3. The van der Waals surface area contributed by atoms with Crippen molar-refractivity contribution in [1.29, 1.82) is 0 Å². The summed E-state index contributed by atoms with van der Waals surface area (Å²) in [6.45, 7) is 0.147. The van der Waals surface area contributed by atoms with E-state index < -0.39 is 6.61 Å². The summed E-state index contributed by atoms with van der Waals surface area (Å²) in [5.41, 5.74) is 3.98. The van der Waals surface area contributed by atoms with E-state index in [1.54, 1.807) is 18.3 Å². The second-order valence-corrected chi connectivity index (χ2v) is 7.05. The number of ether oxygens (including phenoxy) is 1. The zero-order chi connectivity index (χ0) is 17.7. The molecule has 0 aliphatic carbocycles. The van der Waals surface area contributed by atoms with Gasteiger partial charge in [0, 0.05) is 41.3 Å². The van der Waals surface area contributed by atoms with Crippen LogP contribution in [-0.2, 0) is 12.0 Å². The number of alkyl halides is 2. The number of aromatic nitrogens is 3. The van der Waals surface area contributed by atoms with Crippen LogP contribution in [0.3, 0.4) is 0 Å². The minimum atomic E-state index is -2.84. The number of hydrogen-bond donors (Lipinski definition) is 1. The lowest BCUT2D eigenvalue weighted by Gasteiger charge is -2.20. The van der Waals surface area contributed by atoms with Crippen molar-refractivity contribution in [1.82, 2.24) is 20.1 Å². The first-order valence-corrected chi connectivity index (χ1v) is 8.77. The summed E-state index contributed by atoms with van der Waals surface area (Å²) in [4.78, 5) is 4.44. The fourth-order valence-electron chi connectivity index (χ4n) is 4.20. The van der Waals surface area contributed by atoms with E-state index in [-0.39, 0.29) is 23.6 Å². The smallest absolute Gasteiger partial charge is 0.387 e. The maximum atomic E-state index is 12.4. The Balaban J connectivity index is 0.00000180. The van der Waals surface area contributed by atoms with E-state index in [9.17, 15) is 8.78 Å². The minimum absolute atomic E-state index is 0. The third-order valence-corrected chi connectivity index (χ3v) is 5.54. The average molecular weight is 393 g/mol. The minimum Gasteiger partial charge on any atom is -0.435 e. The Bertz CT molecular complexity index is 985. The third kappa shape index (κ3) is 3.04. The lowest BCUT2D eigenvalue weighted by atomic mass is 9.82. The molecular weight excluding hydrogens is 374 g/mol. The number of fused-ring (bicyclic) bond motifs is 3. The van der Waals surface area contributed by atoms with Crippen LogP contribution in [0.4, 0.5) is 8.78 Å². The lowest BCUT2D eigenvalue weighted by molar-refractivity contribution is -0.0497. The van der Waals surface area contributed by atoms with E-state index in [0.717, 1.165) is 54.6 Å². The molecule has 5 rings (SSSR count). The molecule has 1 N–H and O–H groups in total. The van der Waals surface area contributed by atoms with Gasteiger partial charge in [-0.05, 0) is 49.7 Å². The number of rotatable bonds is 3. The fraction of sp³-hybridized carbons (Fsp3) is 0.368.